The summed E-state index contributed by atoms with van der Waals surface area (Å²) in [5, 5.41) is 0. The van der Waals surface area contributed by atoms with Gasteiger partial charge in [0.1, 0.15) is 18.1 Å². The molecular formula is C28H33NO2S. The number of hydrogen-bond donors (Lipinski definition) is 0. The predicted octanol–water partition coefficient (Wildman–Crippen LogP) is 7.15. The summed E-state index contributed by atoms with van der Waals surface area (Å²) in [6.45, 7) is 8.07. The Hall–Kier alpha value is -2.59. The number of benzene rings is 3. The van der Waals surface area contributed by atoms with E-state index in [1.165, 1.54) is 44.6 Å². The molecule has 1 aliphatic rings. The number of anilines is 1. The largest absolute Gasteiger partial charge is 0.493 e. The number of hydrogen-bond acceptors (Lipinski definition) is 4. The lowest BCUT2D eigenvalue weighted by Gasteiger charge is -2.28. The lowest BCUT2D eigenvalue weighted by molar-refractivity contribution is 0.288. The smallest absolute Gasteiger partial charge is 0.147 e. The van der Waals surface area contributed by atoms with E-state index in [4.69, 9.17) is 9.47 Å². The molecule has 1 heterocycles. The van der Waals surface area contributed by atoms with Gasteiger partial charge in [-0.1, -0.05) is 55.3 Å². The summed E-state index contributed by atoms with van der Waals surface area (Å²) >= 11 is 1.71. The van der Waals surface area contributed by atoms with E-state index in [2.05, 4.69) is 80.8 Å². The van der Waals surface area contributed by atoms with Gasteiger partial charge in [0.05, 0.1) is 12.3 Å². The van der Waals surface area contributed by atoms with Crippen molar-refractivity contribution in [3.05, 3.63) is 76.3 Å². The minimum Gasteiger partial charge on any atom is -0.493 e. The molecule has 0 unspecified atom stereocenters. The molecule has 0 radical (unpaired) electrons. The summed E-state index contributed by atoms with van der Waals surface area (Å²) in [4.78, 5) is 0. The summed E-state index contributed by atoms with van der Waals surface area (Å²) in [5.41, 5.74) is 10.1. The highest BCUT2D eigenvalue weighted by Crippen LogP contribution is 2.46. The SMILES string of the molecule is CCc1c(C)c(N(C)SC)c(OCc2ccccc2)c(C)c1-c1ccc2c(c1)CCCO2. The predicted molar refractivity (Wildman–Crippen MR) is 137 cm³/mol. The average molecular weight is 448 g/mol. The third kappa shape index (κ3) is 4.33. The third-order valence-electron chi connectivity index (χ3n) is 6.41. The van der Waals surface area contributed by atoms with E-state index in [1.807, 2.05) is 6.07 Å². The first-order chi connectivity index (χ1) is 15.5. The van der Waals surface area contributed by atoms with Gasteiger partial charge in [-0.15, -0.1) is 0 Å². The van der Waals surface area contributed by atoms with Crippen LogP contribution in [0, 0.1) is 13.8 Å². The number of fused-ring (bicyclic) bond motifs is 1. The summed E-state index contributed by atoms with van der Waals surface area (Å²) in [6, 6.07) is 17.1. The maximum atomic E-state index is 6.55. The van der Waals surface area contributed by atoms with E-state index >= 15 is 0 Å². The van der Waals surface area contributed by atoms with Gasteiger partial charge in [-0.2, -0.15) is 0 Å². The molecule has 0 bridgehead atoms. The standard InChI is InChI=1S/C28H33NO2S/c1-6-24-19(2)27(29(4)32-5)28(31-18-21-11-8-7-9-12-21)20(3)26(24)23-14-15-25-22(17-23)13-10-16-30-25/h7-9,11-12,14-15,17H,6,10,13,16,18H2,1-5H3. The van der Waals surface area contributed by atoms with Crippen molar-refractivity contribution >= 4 is 17.6 Å². The van der Waals surface area contributed by atoms with Crippen molar-refractivity contribution in [3.8, 4) is 22.6 Å². The van der Waals surface area contributed by atoms with Crippen molar-refractivity contribution in [1.29, 1.82) is 0 Å². The van der Waals surface area contributed by atoms with Crippen molar-refractivity contribution < 1.29 is 9.47 Å². The second-order valence-corrected chi connectivity index (χ2v) is 9.28. The van der Waals surface area contributed by atoms with Crippen molar-refractivity contribution in [2.75, 3.05) is 24.2 Å². The van der Waals surface area contributed by atoms with Crippen LogP contribution in [0.15, 0.2) is 48.5 Å². The highest BCUT2D eigenvalue weighted by Gasteiger charge is 2.24. The van der Waals surface area contributed by atoms with E-state index in [1.54, 1.807) is 11.9 Å². The van der Waals surface area contributed by atoms with E-state index in [-0.39, 0.29) is 0 Å². The molecular weight excluding hydrogens is 414 g/mol. The number of rotatable bonds is 7. The molecule has 0 spiro atoms. The molecule has 0 N–H and O–H groups in total. The highest BCUT2D eigenvalue weighted by molar-refractivity contribution is 7.99. The Balaban J connectivity index is 1.87. The molecule has 0 aliphatic carbocycles. The number of nitrogens with zero attached hydrogens (tertiary/aromatic N) is 1. The normalized spacial score (nSPS) is 12.8. The second-order valence-electron chi connectivity index (χ2n) is 8.36. The fourth-order valence-electron chi connectivity index (χ4n) is 4.74. The molecule has 0 saturated heterocycles. The fourth-order valence-corrected chi connectivity index (χ4v) is 5.15. The average Bonchev–Trinajstić information content (AvgIpc) is 2.83. The van der Waals surface area contributed by atoms with E-state index in [9.17, 15) is 0 Å². The van der Waals surface area contributed by atoms with Gasteiger partial charge in [-0.3, -0.25) is 0 Å². The Morgan fingerprint density at radius 1 is 1.06 bits per heavy atom. The van der Waals surface area contributed by atoms with Gasteiger partial charge in [-0.05, 0) is 78.6 Å². The molecule has 3 nitrogen and oxygen atoms in total. The van der Waals surface area contributed by atoms with E-state index in [0.29, 0.717) is 6.61 Å². The lowest BCUT2D eigenvalue weighted by Crippen LogP contribution is -2.14. The molecule has 0 saturated carbocycles. The summed E-state index contributed by atoms with van der Waals surface area (Å²) in [6.07, 6.45) is 5.24. The van der Waals surface area contributed by atoms with Crippen LogP contribution in [0.3, 0.4) is 0 Å². The number of aryl methyl sites for hydroxylation is 1. The lowest BCUT2D eigenvalue weighted by atomic mass is 9.87. The van der Waals surface area contributed by atoms with Gasteiger partial charge in [0, 0.05) is 18.9 Å². The molecule has 4 heteroatoms. The monoisotopic (exact) mass is 447 g/mol. The molecule has 0 atom stereocenters. The molecule has 1 aliphatic heterocycles. The van der Waals surface area contributed by atoms with E-state index < -0.39 is 0 Å². The topological polar surface area (TPSA) is 21.7 Å². The van der Waals surface area contributed by atoms with Crippen LogP contribution < -0.4 is 13.8 Å². The zero-order chi connectivity index (χ0) is 22.7. The van der Waals surface area contributed by atoms with Crippen molar-refractivity contribution in [2.45, 2.75) is 46.6 Å². The molecule has 0 aromatic heterocycles. The van der Waals surface area contributed by atoms with Crippen LogP contribution >= 0.6 is 11.9 Å². The third-order valence-corrected chi connectivity index (χ3v) is 7.14. The maximum Gasteiger partial charge on any atom is 0.147 e. The zero-order valence-electron chi connectivity index (χ0n) is 19.8. The van der Waals surface area contributed by atoms with Crippen molar-refractivity contribution in [2.24, 2.45) is 0 Å². The van der Waals surface area contributed by atoms with Crippen molar-refractivity contribution in [1.82, 2.24) is 0 Å². The first-order valence-electron chi connectivity index (χ1n) is 11.4. The summed E-state index contributed by atoms with van der Waals surface area (Å²) in [7, 11) is 2.12. The van der Waals surface area contributed by atoms with Crippen LogP contribution in [0.5, 0.6) is 11.5 Å². The summed E-state index contributed by atoms with van der Waals surface area (Å²) in [5.74, 6) is 2.01. The van der Waals surface area contributed by atoms with Gasteiger partial charge in [0.25, 0.3) is 0 Å². The zero-order valence-corrected chi connectivity index (χ0v) is 20.6. The first kappa shape index (κ1) is 22.6. The highest BCUT2D eigenvalue weighted by atomic mass is 32.2. The van der Waals surface area contributed by atoms with Crippen LogP contribution in [-0.2, 0) is 19.4 Å². The van der Waals surface area contributed by atoms with Crippen molar-refractivity contribution in [3.63, 3.8) is 0 Å². The van der Waals surface area contributed by atoms with Gasteiger partial charge < -0.3 is 13.8 Å². The number of ether oxygens (including phenoxy) is 2. The first-order valence-corrected chi connectivity index (χ1v) is 12.6. The molecule has 0 amide bonds. The fraction of sp³-hybridized carbons (Fsp3) is 0.357. The van der Waals surface area contributed by atoms with Crippen LogP contribution in [-0.4, -0.2) is 19.9 Å². The van der Waals surface area contributed by atoms with Gasteiger partial charge in [0.15, 0.2) is 0 Å². The minimum absolute atomic E-state index is 0.555. The van der Waals surface area contributed by atoms with Crippen LogP contribution in [0.1, 0.15) is 41.2 Å². The molecule has 0 fully saturated rings. The Kier molecular flexibility index (Phi) is 7.00. The quantitative estimate of drug-likeness (QED) is 0.358. The molecule has 3 aromatic rings. The Labute approximate surface area is 196 Å². The Morgan fingerprint density at radius 2 is 1.84 bits per heavy atom. The van der Waals surface area contributed by atoms with Crippen LogP contribution in [0.25, 0.3) is 11.1 Å². The van der Waals surface area contributed by atoms with E-state index in [0.717, 1.165) is 37.4 Å². The molecule has 3 aromatic carbocycles. The minimum atomic E-state index is 0.555. The molecule has 4 rings (SSSR count). The van der Waals surface area contributed by atoms with Gasteiger partial charge in [0.2, 0.25) is 0 Å². The van der Waals surface area contributed by atoms with Gasteiger partial charge in [-0.25, -0.2) is 0 Å². The Morgan fingerprint density at radius 3 is 2.56 bits per heavy atom. The Bertz CT molecular complexity index is 1090. The molecule has 168 valence electrons. The molecule has 32 heavy (non-hydrogen) atoms. The van der Waals surface area contributed by atoms with Gasteiger partial charge >= 0.3 is 0 Å². The summed E-state index contributed by atoms with van der Waals surface area (Å²) < 4.78 is 14.6. The second kappa shape index (κ2) is 9.91. The maximum absolute atomic E-state index is 6.55. The van der Waals surface area contributed by atoms with Crippen LogP contribution in [0.2, 0.25) is 0 Å². The van der Waals surface area contributed by atoms with Crippen LogP contribution in [0.4, 0.5) is 5.69 Å².